The van der Waals surface area contributed by atoms with Gasteiger partial charge in [-0.25, -0.2) is 0 Å². The van der Waals surface area contributed by atoms with E-state index in [9.17, 15) is 4.79 Å². The van der Waals surface area contributed by atoms with Gasteiger partial charge >= 0.3 is 0 Å². The summed E-state index contributed by atoms with van der Waals surface area (Å²) < 4.78 is 2.29. The first-order valence-electron chi connectivity index (χ1n) is 9.96. The zero-order chi connectivity index (χ0) is 18.8. The quantitative estimate of drug-likeness (QED) is 0.432. The highest BCUT2D eigenvalue weighted by atomic mass is 16.2. The normalized spacial score (nSPS) is 22.0. The van der Waals surface area contributed by atoms with Crippen molar-refractivity contribution in [2.24, 2.45) is 0 Å². The molecule has 0 N–H and O–H groups in total. The highest BCUT2D eigenvalue weighted by molar-refractivity contribution is 6.22. The number of aryl methyl sites for hydroxylation is 1. The van der Waals surface area contributed by atoms with Crippen LogP contribution in [0.25, 0.3) is 11.1 Å². The van der Waals surface area contributed by atoms with Crippen molar-refractivity contribution in [3.8, 4) is 11.1 Å². The molecule has 28 heavy (non-hydrogen) atoms. The number of fused-ring (bicyclic) bond motifs is 6. The predicted octanol–water partition coefficient (Wildman–Crippen LogP) is 4.00. The molecule has 0 radical (unpaired) electrons. The summed E-state index contributed by atoms with van der Waals surface area (Å²) in [5.74, 6) is 0.119. The topological polar surface area (TPSA) is 23.3 Å². The van der Waals surface area contributed by atoms with E-state index in [2.05, 4.69) is 77.5 Å². The van der Waals surface area contributed by atoms with Crippen molar-refractivity contribution in [3.63, 3.8) is 0 Å². The first-order valence-corrected chi connectivity index (χ1v) is 9.96. The Bertz CT molecular complexity index is 1130. The number of amides is 1. The van der Waals surface area contributed by atoms with Crippen molar-refractivity contribution in [2.45, 2.75) is 24.8 Å². The first kappa shape index (κ1) is 15.8. The Balaban J connectivity index is 1.63. The van der Waals surface area contributed by atoms with Gasteiger partial charge in [-0.1, -0.05) is 60.7 Å². The molecule has 1 saturated heterocycles. The van der Waals surface area contributed by atoms with Crippen LogP contribution in [0.1, 0.15) is 34.6 Å². The number of hydrazone groups is 1. The third kappa shape index (κ3) is 1.94. The van der Waals surface area contributed by atoms with Crippen molar-refractivity contribution in [1.29, 1.82) is 0 Å². The standard InChI is InChI=1S/C25H21N2O/c1-26-25(28)23-17-9-3-2-8-16(17)14-15-22(23)27(26)24-20-12-6-4-10-18(20)19-11-5-7-13-21(19)24/h2-13,22-23H,14-15H2,1H3/q+1/t22-,23+/m1/s1. The molecule has 136 valence electrons. The number of rotatable bonds is 0. The lowest BCUT2D eigenvalue weighted by Crippen LogP contribution is -2.37. The summed E-state index contributed by atoms with van der Waals surface area (Å²) in [4.78, 5) is 13.4. The Morgan fingerprint density at radius 1 is 0.821 bits per heavy atom. The molecule has 3 heteroatoms. The van der Waals surface area contributed by atoms with Crippen molar-refractivity contribution in [1.82, 2.24) is 5.01 Å². The molecule has 1 heterocycles. The molecule has 1 amide bonds. The Labute approximate surface area is 164 Å². The summed E-state index contributed by atoms with van der Waals surface area (Å²) in [5, 5.41) is 1.87. The van der Waals surface area contributed by atoms with Crippen LogP contribution in [0, 0.1) is 0 Å². The van der Waals surface area contributed by atoms with E-state index in [0.29, 0.717) is 0 Å². The van der Waals surface area contributed by atoms with E-state index in [4.69, 9.17) is 0 Å². The van der Waals surface area contributed by atoms with Gasteiger partial charge in [0.05, 0.1) is 18.2 Å². The number of hydrogen-bond donors (Lipinski definition) is 0. The number of hydrogen-bond acceptors (Lipinski definition) is 1. The highest BCUT2D eigenvalue weighted by Gasteiger charge is 2.55. The molecule has 3 nitrogen and oxygen atoms in total. The molecular weight excluding hydrogens is 344 g/mol. The minimum Gasteiger partial charge on any atom is -0.268 e. The van der Waals surface area contributed by atoms with E-state index in [1.165, 1.54) is 39.1 Å². The molecule has 0 bridgehead atoms. The molecular formula is C25H21N2O+. The Morgan fingerprint density at radius 3 is 2.07 bits per heavy atom. The zero-order valence-electron chi connectivity index (χ0n) is 15.8. The molecule has 1 fully saturated rings. The summed E-state index contributed by atoms with van der Waals surface area (Å²) in [6.07, 6.45) is 2.01. The number of carbonyl (C=O) groups excluding carboxylic acids is 1. The van der Waals surface area contributed by atoms with E-state index < -0.39 is 0 Å². The van der Waals surface area contributed by atoms with E-state index in [0.717, 1.165) is 12.8 Å². The van der Waals surface area contributed by atoms with Crippen LogP contribution in [0.4, 0.5) is 0 Å². The highest BCUT2D eigenvalue weighted by Crippen LogP contribution is 2.43. The van der Waals surface area contributed by atoms with Crippen LogP contribution in [-0.2, 0) is 11.2 Å². The molecule has 0 aromatic heterocycles. The van der Waals surface area contributed by atoms with Gasteiger partial charge in [0.25, 0.3) is 5.91 Å². The molecule has 6 rings (SSSR count). The number of nitrogens with zero attached hydrogens (tertiary/aromatic N) is 2. The maximum absolute atomic E-state index is 13.4. The lowest BCUT2D eigenvalue weighted by molar-refractivity contribution is -0.678. The molecule has 3 aromatic carbocycles. The molecule has 0 unspecified atom stereocenters. The van der Waals surface area contributed by atoms with Crippen LogP contribution in [0.5, 0.6) is 0 Å². The summed E-state index contributed by atoms with van der Waals surface area (Å²) >= 11 is 0. The van der Waals surface area contributed by atoms with Crippen LogP contribution in [0.15, 0.2) is 72.8 Å². The van der Waals surface area contributed by atoms with Gasteiger partial charge in [-0.15, -0.1) is 9.69 Å². The van der Waals surface area contributed by atoms with E-state index in [1.807, 2.05) is 12.1 Å². The van der Waals surface area contributed by atoms with Gasteiger partial charge in [0.2, 0.25) is 5.71 Å². The SMILES string of the molecule is CN1C(=O)[C@H]2c3ccccc3CC[C@H]2[N+]1=C1c2ccccc2-c2ccccc21. The minimum atomic E-state index is -0.0811. The summed E-state index contributed by atoms with van der Waals surface area (Å²) in [7, 11) is 1.93. The summed E-state index contributed by atoms with van der Waals surface area (Å²) in [5.41, 5.74) is 8.67. The van der Waals surface area contributed by atoms with Gasteiger partial charge < -0.3 is 0 Å². The van der Waals surface area contributed by atoms with E-state index in [-0.39, 0.29) is 17.9 Å². The molecule has 2 aliphatic carbocycles. The summed E-state index contributed by atoms with van der Waals surface area (Å²) in [6.45, 7) is 0. The number of likely N-dealkylation sites (N-methyl/N-ethyl adjacent to an activating group) is 1. The van der Waals surface area contributed by atoms with Crippen LogP contribution in [0.3, 0.4) is 0 Å². The van der Waals surface area contributed by atoms with Gasteiger partial charge in [-0.2, -0.15) is 0 Å². The van der Waals surface area contributed by atoms with Gasteiger partial charge in [0.1, 0.15) is 5.92 Å². The second kappa shape index (κ2) is 5.65. The number of hydrazine groups is 1. The van der Waals surface area contributed by atoms with Crippen LogP contribution in [-0.4, -0.2) is 34.4 Å². The maximum atomic E-state index is 13.4. The minimum absolute atomic E-state index is 0.0811. The van der Waals surface area contributed by atoms with Crippen molar-refractivity contribution < 1.29 is 9.48 Å². The summed E-state index contributed by atoms with van der Waals surface area (Å²) in [6, 6.07) is 25.8. The fraction of sp³-hybridized carbons (Fsp3) is 0.200. The second-order valence-corrected chi connectivity index (χ2v) is 7.93. The van der Waals surface area contributed by atoms with Crippen molar-refractivity contribution in [2.75, 3.05) is 7.05 Å². The Kier molecular flexibility index (Phi) is 3.19. The predicted molar refractivity (Wildman–Crippen MR) is 109 cm³/mol. The van der Waals surface area contributed by atoms with Gasteiger partial charge in [-0.05, 0) is 40.8 Å². The molecule has 2 atom stereocenters. The first-order chi connectivity index (χ1) is 13.8. The average molecular weight is 365 g/mol. The molecule has 1 aliphatic heterocycles. The smallest absolute Gasteiger partial charge is 0.268 e. The van der Waals surface area contributed by atoms with Gasteiger partial charge in [0.15, 0.2) is 6.04 Å². The molecule has 0 spiro atoms. The molecule has 3 aliphatic rings. The maximum Gasteiger partial charge on any atom is 0.291 e. The van der Waals surface area contributed by atoms with Crippen LogP contribution in [0.2, 0.25) is 0 Å². The monoisotopic (exact) mass is 365 g/mol. The number of benzene rings is 3. The van der Waals surface area contributed by atoms with Crippen LogP contribution < -0.4 is 0 Å². The van der Waals surface area contributed by atoms with E-state index in [1.54, 1.807) is 0 Å². The van der Waals surface area contributed by atoms with Crippen molar-refractivity contribution >= 4 is 11.6 Å². The Hall–Kier alpha value is -3.20. The zero-order valence-corrected chi connectivity index (χ0v) is 15.8. The van der Waals surface area contributed by atoms with Gasteiger partial charge in [0, 0.05) is 6.42 Å². The molecule has 0 saturated carbocycles. The molecule has 3 aromatic rings. The van der Waals surface area contributed by atoms with Gasteiger partial charge in [-0.3, -0.25) is 4.79 Å². The fourth-order valence-electron chi connectivity index (χ4n) is 5.39. The van der Waals surface area contributed by atoms with Crippen molar-refractivity contribution in [3.05, 3.63) is 95.1 Å². The van der Waals surface area contributed by atoms with Crippen LogP contribution >= 0.6 is 0 Å². The third-order valence-electron chi connectivity index (χ3n) is 6.59. The third-order valence-corrected chi connectivity index (χ3v) is 6.59. The largest absolute Gasteiger partial charge is 0.291 e. The Morgan fingerprint density at radius 2 is 1.39 bits per heavy atom. The van der Waals surface area contributed by atoms with E-state index >= 15 is 0 Å². The lowest BCUT2D eigenvalue weighted by atomic mass is 9.79. The average Bonchev–Trinajstić information content (AvgIpc) is 3.20. The lowest BCUT2D eigenvalue weighted by Gasteiger charge is -2.22. The number of carbonyl (C=O) groups is 1. The second-order valence-electron chi connectivity index (χ2n) is 7.93. The fourth-order valence-corrected chi connectivity index (χ4v) is 5.39.